The molecule has 1 aromatic rings. The highest BCUT2D eigenvalue weighted by molar-refractivity contribution is 7.97. The van der Waals surface area contributed by atoms with E-state index in [4.69, 9.17) is 5.73 Å². The van der Waals surface area contributed by atoms with Gasteiger partial charge in [0, 0.05) is 65.0 Å². The van der Waals surface area contributed by atoms with Crippen molar-refractivity contribution in [3.05, 3.63) is 42.1 Å². The Morgan fingerprint density at radius 2 is 2.00 bits per heavy atom. The van der Waals surface area contributed by atoms with E-state index in [1.165, 1.54) is 31.9 Å². The first kappa shape index (κ1) is 29.2. The lowest BCUT2D eigenvalue weighted by Gasteiger charge is -2.39. The summed E-state index contributed by atoms with van der Waals surface area (Å²) in [5, 5.41) is 14.9. The number of aliphatic hydroxyl groups excluding tert-OH is 1. The summed E-state index contributed by atoms with van der Waals surface area (Å²) in [6.45, 7) is 10.8. The van der Waals surface area contributed by atoms with Crippen molar-refractivity contribution in [2.45, 2.75) is 73.7 Å². The maximum absolute atomic E-state index is 11.7. The second-order valence-corrected chi connectivity index (χ2v) is 11.6. The summed E-state index contributed by atoms with van der Waals surface area (Å²) in [4.78, 5) is 13.8. The molecule has 2 aliphatic carbocycles. The van der Waals surface area contributed by atoms with E-state index in [9.17, 15) is 5.11 Å². The van der Waals surface area contributed by atoms with Crippen molar-refractivity contribution in [2.75, 3.05) is 39.6 Å². The van der Waals surface area contributed by atoms with Crippen LogP contribution in [0.5, 0.6) is 0 Å². The average Bonchev–Trinajstić information content (AvgIpc) is 3.82. The summed E-state index contributed by atoms with van der Waals surface area (Å²) in [6, 6.07) is 6.17. The van der Waals surface area contributed by atoms with Gasteiger partial charge in [0.1, 0.15) is 0 Å². The number of aliphatic imine (C=N–C) groups is 2. The molecule has 0 spiro atoms. The van der Waals surface area contributed by atoms with E-state index in [2.05, 4.69) is 77.4 Å². The Balaban J connectivity index is 2.03. The molecule has 0 bridgehead atoms. The van der Waals surface area contributed by atoms with Gasteiger partial charge >= 0.3 is 0 Å². The number of rotatable bonds is 16. The molecule has 0 saturated heterocycles. The Hall–Kier alpha value is -2.33. The molecule has 0 aromatic heterocycles. The molecule has 8 nitrogen and oxygen atoms in total. The SMILES string of the molecule is C=NCC(CCC1(N(C)C)CC1)N(c1ccc(SNC2(C)CC2)cc1C(=C)NC)C(O)/C(C=NC)=C/N. The number of anilines is 1. The first-order chi connectivity index (χ1) is 17.6. The van der Waals surface area contributed by atoms with E-state index in [1.807, 2.05) is 11.9 Å². The lowest BCUT2D eigenvalue weighted by molar-refractivity contribution is 0.189. The minimum absolute atomic E-state index is 0.101. The molecule has 0 heterocycles. The minimum atomic E-state index is -1.01. The van der Waals surface area contributed by atoms with E-state index < -0.39 is 6.23 Å². The van der Waals surface area contributed by atoms with Crippen LogP contribution in [0.15, 0.2) is 51.4 Å². The largest absolute Gasteiger partial charge is 0.404 e. The van der Waals surface area contributed by atoms with Gasteiger partial charge in [0.2, 0.25) is 0 Å². The summed E-state index contributed by atoms with van der Waals surface area (Å²) in [5.41, 5.74) is 9.45. The van der Waals surface area contributed by atoms with Crippen molar-refractivity contribution >= 4 is 36.3 Å². The highest BCUT2D eigenvalue weighted by Gasteiger charge is 2.45. The Bertz CT molecular complexity index is 1010. The molecule has 0 aliphatic heterocycles. The van der Waals surface area contributed by atoms with Crippen LogP contribution in [0, 0.1) is 0 Å². The molecular formula is C28H45N7OS. The van der Waals surface area contributed by atoms with Gasteiger partial charge in [0.05, 0.1) is 12.6 Å². The minimum Gasteiger partial charge on any atom is -0.404 e. The van der Waals surface area contributed by atoms with Crippen molar-refractivity contribution < 1.29 is 5.11 Å². The fraction of sp³-hybridized carbons (Fsp3) is 0.571. The van der Waals surface area contributed by atoms with Gasteiger partial charge in [-0.25, -0.2) is 0 Å². The van der Waals surface area contributed by atoms with E-state index >= 15 is 0 Å². The Kier molecular flexibility index (Phi) is 9.86. The zero-order valence-electron chi connectivity index (χ0n) is 23.1. The van der Waals surface area contributed by atoms with Crippen LogP contribution >= 0.6 is 11.9 Å². The van der Waals surface area contributed by atoms with E-state index in [0.29, 0.717) is 12.1 Å². The molecule has 1 aromatic carbocycles. The van der Waals surface area contributed by atoms with Gasteiger partial charge in [-0.2, -0.15) is 0 Å². The quantitative estimate of drug-likeness (QED) is 0.148. The zero-order valence-corrected chi connectivity index (χ0v) is 23.9. The van der Waals surface area contributed by atoms with Crippen molar-refractivity contribution in [3.63, 3.8) is 0 Å². The molecule has 37 heavy (non-hydrogen) atoms. The molecular weight excluding hydrogens is 482 g/mol. The van der Waals surface area contributed by atoms with Crippen LogP contribution in [0.25, 0.3) is 5.70 Å². The summed E-state index contributed by atoms with van der Waals surface area (Å²) in [6.07, 6.45) is 8.61. The Morgan fingerprint density at radius 1 is 1.30 bits per heavy atom. The fourth-order valence-electron chi connectivity index (χ4n) is 4.65. The van der Waals surface area contributed by atoms with Crippen LogP contribution in [0.2, 0.25) is 0 Å². The number of aliphatic hydroxyl groups is 1. The molecule has 2 unspecified atom stereocenters. The lowest BCUT2D eigenvalue weighted by Crippen LogP contribution is -2.48. The Labute approximate surface area is 227 Å². The van der Waals surface area contributed by atoms with Crippen LogP contribution in [0.1, 0.15) is 51.0 Å². The maximum atomic E-state index is 11.7. The fourth-order valence-corrected chi connectivity index (χ4v) is 5.53. The molecule has 0 amide bonds. The molecule has 2 aliphatic rings. The maximum Gasteiger partial charge on any atom is 0.156 e. The number of hydrogen-bond donors (Lipinski definition) is 4. The molecule has 9 heteroatoms. The number of benzene rings is 1. The standard InChI is InChI=1S/C28H45N7OS/c1-20(32-5)24-16-23(37-33-27(2)12-13-27)8-9-25(24)35(26(36)21(17-29)18-30-3)22(19-31-4)10-11-28(14-15-28)34(6)7/h8-9,16-18,22,26,32-33,36H,1,4,10-15,19,29H2,2-3,5-7H3/b21-17+,30-18?. The topological polar surface area (TPSA) is 102 Å². The van der Waals surface area contributed by atoms with Crippen LogP contribution < -0.4 is 20.7 Å². The summed E-state index contributed by atoms with van der Waals surface area (Å²) >= 11 is 1.64. The number of hydrogen-bond acceptors (Lipinski definition) is 9. The number of nitrogens with zero attached hydrogens (tertiary/aromatic N) is 4. The van der Waals surface area contributed by atoms with Crippen LogP contribution in [-0.4, -0.2) is 81.0 Å². The molecule has 2 saturated carbocycles. The molecule has 2 atom stereocenters. The normalized spacial score (nSPS) is 19.5. The van der Waals surface area contributed by atoms with Crippen molar-refractivity contribution in [3.8, 4) is 0 Å². The van der Waals surface area contributed by atoms with E-state index in [1.54, 1.807) is 25.2 Å². The first-order valence-electron chi connectivity index (χ1n) is 13.0. The van der Waals surface area contributed by atoms with Crippen molar-refractivity contribution in [1.82, 2.24) is 14.9 Å². The molecule has 0 radical (unpaired) electrons. The second kappa shape index (κ2) is 12.5. The predicted octanol–water partition coefficient (Wildman–Crippen LogP) is 3.64. The lowest BCUT2D eigenvalue weighted by atomic mass is 9.99. The van der Waals surface area contributed by atoms with Gasteiger partial charge in [-0.1, -0.05) is 6.58 Å². The Morgan fingerprint density at radius 3 is 2.51 bits per heavy atom. The van der Waals surface area contributed by atoms with Gasteiger partial charge in [0.25, 0.3) is 0 Å². The molecule has 5 N–H and O–H groups in total. The van der Waals surface area contributed by atoms with Gasteiger partial charge < -0.3 is 26.0 Å². The van der Waals surface area contributed by atoms with Crippen molar-refractivity contribution in [1.29, 1.82) is 0 Å². The van der Waals surface area contributed by atoms with Gasteiger partial charge in [-0.3, -0.25) is 14.7 Å². The third-order valence-corrected chi connectivity index (χ3v) is 8.86. The van der Waals surface area contributed by atoms with Crippen LogP contribution in [0.4, 0.5) is 5.69 Å². The number of nitrogens with two attached hydrogens (primary N) is 1. The van der Waals surface area contributed by atoms with Crippen molar-refractivity contribution in [2.24, 2.45) is 15.7 Å². The summed E-state index contributed by atoms with van der Waals surface area (Å²) in [7, 11) is 7.83. The van der Waals surface area contributed by atoms with Crippen LogP contribution in [0.3, 0.4) is 0 Å². The molecule has 2 fully saturated rings. The van der Waals surface area contributed by atoms with Gasteiger partial charge in [0.15, 0.2) is 6.23 Å². The molecule has 204 valence electrons. The van der Waals surface area contributed by atoms with Crippen LogP contribution in [-0.2, 0) is 0 Å². The van der Waals surface area contributed by atoms with E-state index in [-0.39, 0.29) is 17.1 Å². The third-order valence-electron chi connectivity index (χ3n) is 7.77. The summed E-state index contributed by atoms with van der Waals surface area (Å²) < 4.78 is 3.58. The number of nitrogens with one attached hydrogen (secondary N) is 2. The molecule has 3 rings (SSSR count). The highest BCUT2D eigenvalue weighted by Crippen LogP contribution is 2.45. The first-order valence-corrected chi connectivity index (χ1v) is 13.8. The second-order valence-electron chi connectivity index (χ2n) is 10.7. The van der Waals surface area contributed by atoms with E-state index in [0.717, 1.165) is 34.7 Å². The highest BCUT2D eigenvalue weighted by atomic mass is 32.2. The average molecular weight is 528 g/mol. The smallest absolute Gasteiger partial charge is 0.156 e. The third kappa shape index (κ3) is 7.16. The van der Waals surface area contributed by atoms with Gasteiger partial charge in [-0.05, 0) is 96.4 Å². The van der Waals surface area contributed by atoms with Gasteiger partial charge in [-0.15, -0.1) is 0 Å². The zero-order chi connectivity index (χ0) is 27.2. The monoisotopic (exact) mass is 527 g/mol. The predicted molar refractivity (Wildman–Crippen MR) is 159 cm³/mol. The summed E-state index contributed by atoms with van der Waals surface area (Å²) in [5.74, 6) is 0.